The molecule has 0 atom stereocenters. The molecule has 0 aliphatic carbocycles. The highest BCUT2D eigenvalue weighted by atomic mass is 79.9. The van der Waals surface area contributed by atoms with Crippen LogP contribution in [0, 0.1) is 0 Å². The zero-order valence-corrected chi connectivity index (χ0v) is 13.8. The van der Waals surface area contributed by atoms with E-state index < -0.39 is 5.91 Å². The molecule has 0 spiro atoms. The number of carbonyl (C=O) groups is 1. The van der Waals surface area contributed by atoms with Crippen molar-refractivity contribution in [3.8, 4) is 17.4 Å². The Hall–Kier alpha value is -2.81. The maximum Gasteiger partial charge on any atom is 0.311 e. The SMILES string of the molecule is O=C(N=Nc1c(O)[nH]c2cc3c(cc12)OCCO3)c1cc(Br)c[nH]1. The van der Waals surface area contributed by atoms with E-state index in [2.05, 4.69) is 36.1 Å². The van der Waals surface area contributed by atoms with Crippen molar-refractivity contribution >= 4 is 38.4 Å². The van der Waals surface area contributed by atoms with Crippen molar-refractivity contribution in [2.45, 2.75) is 0 Å². The molecule has 9 heteroatoms. The lowest BCUT2D eigenvalue weighted by Gasteiger charge is -2.17. The summed E-state index contributed by atoms with van der Waals surface area (Å²) < 4.78 is 11.8. The fourth-order valence-corrected chi connectivity index (χ4v) is 2.79. The first-order chi connectivity index (χ1) is 11.6. The Morgan fingerprint density at radius 1 is 1.21 bits per heavy atom. The van der Waals surface area contributed by atoms with Gasteiger partial charge in [0.2, 0.25) is 5.88 Å². The number of amides is 1. The molecule has 3 aromatic rings. The number of aromatic hydroxyl groups is 1. The molecule has 1 aliphatic heterocycles. The number of nitrogens with zero attached hydrogens (tertiary/aromatic N) is 2. The molecule has 3 N–H and O–H groups in total. The van der Waals surface area contributed by atoms with E-state index >= 15 is 0 Å². The quantitative estimate of drug-likeness (QED) is 0.579. The lowest BCUT2D eigenvalue weighted by molar-refractivity contribution is 0.0991. The number of aromatic amines is 2. The lowest BCUT2D eigenvalue weighted by atomic mass is 10.2. The molecule has 122 valence electrons. The van der Waals surface area contributed by atoms with E-state index in [4.69, 9.17) is 9.47 Å². The third kappa shape index (κ3) is 2.52. The highest BCUT2D eigenvalue weighted by Gasteiger charge is 2.18. The molecule has 0 fully saturated rings. The van der Waals surface area contributed by atoms with Gasteiger partial charge in [0.1, 0.15) is 18.9 Å². The number of carbonyl (C=O) groups excluding carboxylic acids is 1. The van der Waals surface area contributed by atoms with Gasteiger partial charge in [-0.3, -0.25) is 4.79 Å². The van der Waals surface area contributed by atoms with Gasteiger partial charge >= 0.3 is 5.91 Å². The largest absolute Gasteiger partial charge is 0.493 e. The van der Waals surface area contributed by atoms with Crippen LogP contribution < -0.4 is 9.47 Å². The van der Waals surface area contributed by atoms with Gasteiger partial charge in [-0.25, -0.2) is 0 Å². The van der Waals surface area contributed by atoms with E-state index in [0.29, 0.717) is 41.3 Å². The van der Waals surface area contributed by atoms with Gasteiger partial charge in [0, 0.05) is 22.1 Å². The number of fused-ring (bicyclic) bond motifs is 2. The Bertz CT molecular complexity index is 975. The maximum atomic E-state index is 12.0. The van der Waals surface area contributed by atoms with E-state index in [1.54, 1.807) is 24.4 Å². The number of halogens is 1. The highest BCUT2D eigenvalue weighted by molar-refractivity contribution is 9.10. The minimum absolute atomic E-state index is 0.168. The van der Waals surface area contributed by atoms with E-state index in [9.17, 15) is 9.90 Å². The number of aromatic nitrogens is 2. The summed E-state index contributed by atoms with van der Waals surface area (Å²) >= 11 is 3.24. The van der Waals surface area contributed by atoms with Crippen LogP contribution in [0.1, 0.15) is 10.5 Å². The van der Waals surface area contributed by atoms with Crippen LogP contribution in [0.4, 0.5) is 5.69 Å². The molecule has 0 radical (unpaired) electrons. The van der Waals surface area contributed by atoms with Crippen molar-refractivity contribution < 1.29 is 19.4 Å². The van der Waals surface area contributed by atoms with E-state index in [-0.39, 0.29) is 11.6 Å². The monoisotopic (exact) mass is 390 g/mol. The van der Waals surface area contributed by atoms with Gasteiger partial charge in [0.15, 0.2) is 17.2 Å². The second-order valence-corrected chi connectivity index (χ2v) is 6.02. The number of ether oxygens (including phenoxy) is 2. The van der Waals surface area contributed by atoms with Crippen molar-refractivity contribution in [3.63, 3.8) is 0 Å². The molecule has 1 amide bonds. The third-order valence-electron chi connectivity index (χ3n) is 3.53. The summed E-state index contributed by atoms with van der Waals surface area (Å²) in [5.74, 6) is 0.415. The number of rotatable bonds is 2. The molecule has 0 saturated heterocycles. The zero-order chi connectivity index (χ0) is 16.7. The average molecular weight is 391 g/mol. The number of H-pyrrole nitrogens is 2. The predicted molar refractivity (Wildman–Crippen MR) is 88.3 cm³/mol. The second kappa shape index (κ2) is 5.68. The zero-order valence-electron chi connectivity index (χ0n) is 12.2. The average Bonchev–Trinajstić information content (AvgIpc) is 3.13. The highest BCUT2D eigenvalue weighted by Crippen LogP contribution is 2.42. The predicted octanol–water partition coefficient (Wildman–Crippen LogP) is 3.66. The second-order valence-electron chi connectivity index (χ2n) is 5.10. The Morgan fingerprint density at radius 2 is 1.96 bits per heavy atom. The summed E-state index contributed by atoms with van der Waals surface area (Å²) in [5.41, 5.74) is 1.07. The summed E-state index contributed by atoms with van der Waals surface area (Å²) in [5, 5.41) is 18.2. The fourth-order valence-electron chi connectivity index (χ4n) is 2.44. The number of azo groups is 1. The van der Waals surface area contributed by atoms with Crippen molar-refractivity contribution in [2.24, 2.45) is 10.2 Å². The Labute approximate surface area is 143 Å². The van der Waals surface area contributed by atoms with Gasteiger partial charge in [-0.05, 0) is 28.1 Å². The molecule has 3 heterocycles. The summed E-state index contributed by atoms with van der Waals surface area (Å²) in [4.78, 5) is 17.5. The van der Waals surface area contributed by atoms with E-state index in [1.807, 2.05) is 0 Å². The van der Waals surface area contributed by atoms with Gasteiger partial charge < -0.3 is 24.5 Å². The van der Waals surface area contributed by atoms with E-state index in [0.717, 1.165) is 4.47 Å². The van der Waals surface area contributed by atoms with Crippen LogP contribution in [0.25, 0.3) is 10.9 Å². The summed E-state index contributed by atoms with van der Waals surface area (Å²) in [6, 6.07) is 5.01. The number of nitrogens with one attached hydrogen (secondary N) is 2. The lowest BCUT2D eigenvalue weighted by Crippen LogP contribution is -2.15. The smallest absolute Gasteiger partial charge is 0.311 e. The fraction of sp³-hybridized carbons (Fsp3) is 0.133. The molecular weight excluding hydrogens is 380 g/mol. The van der Waals surface area contributed by atoms with Gasteiger partial charge in [-0.1, -0.05) is 0 Å². The molecule has 8 nitrogen and oxygen atoms in total. The first kappa shape index (κ1) is 14.8. The van der Waals surface area contributed by atoms with Crippen LogP contribution in [0.5, 0.6) is 17.4 Å². The first-order valence-electron chi connectivity index (χ1n) is 7.06. The molecule has 2 aromatic heterocycles. The van der Waals surface area contributed by atoms with Crippen LogP contribution in [0.15, 0.2) is 39.1 Å². The molecule has 0 unspecified atom stereocenters. The number of benzene rings is 1. The summed E-state index contributed by atoms with van der Waals surface area (Å²) in [6.07, 6.45) is 1.62. The van der Waals surface area contributed by atoms with Crippen LogP contribution >= 0.6 is 15.9 Å². The normalized spacial score (nSPS) is 13.7. The van der Waals surface area contributed by atoms with Gasteiger partial charge in [0.05, 0.1) is 5.52 Å². The maximum absolute atomic E-state index is 12.0. The molecule has 24 heavy (non-hydrogen) atoms. The van der Waals surface area contributed by atoms with Crippen LogP contribution in [0.2, 0.25) is 0 Å². The topological polar surface area (TPSA) is 112 Å². The van der Waals surface area contributed by atoms with Gasteiger partial charge in [-0.2, -0.15) is 0 Å². The van der Waals surface area contributed by atoms with Crippen LogP contribution in [0.3, 0.4) is 0 Å². The summed E-state index contributed by atoms with van der Waals surface area (Å²) in [7, 11) is 0. The van der Waals surface area contributed by atoms with Gasteiger partial charge in [0.25, 0.3) is 0 Å². The Balaban J connectivity index is 1.72. The summed E-state index contributed by atoms with van der Waals surface area (Å²) in [6.45, 7) is 0.921. The van der Waals surface area contributed by atoms with Crippen LogP contribution in [-0.4, -0.2) is 34.2 Å². The molecule has 1 aliphatic rings. The molecule has 0 bridgehead atoms. The number of hydrogen-bond acceptors (Lipinski definition) is 5. The molecular formula is C15H11BrN4O4. The van der Waals surface area contributed by atoms with Crippen molar-refractivity contribution in [1.29, 1.82) is 0 Å². The molecule has 1 aromatic carbocycles. The van der Waals surface area contributed by atoms with E-state index in [1.165, 1.54) is 0 Å². The standard InChI is InChI=1S/C15H11BrN4O4/c16-7-3-10(17-6-7)14(21)20-19-13-8-4-11-12(24-2-1-23-11)5-9(8)18-15(13)22/h3-6,17-18,22H,1-2H2. The van der Waals surface area contributed by atoms with Crippen molar-refractivity contribution in [3.05, 3.63) is 34.6 Å². The molecule has 4 rings (SSSR count). The Kier molecular flexibility index (Phi) is 3.49. The van der Waals surface area contributed by atoms with Gasteiger partial charge in [-0.15, -0.1) is 10.2 Å². The number of hydrogen-bond donors (Lipinski definition) is 3. The minimum Gasteiger partial charge on any atom is -0.493 e. The van der Waals surface area contributed by atoms with Crippen LogP contribution in [-0.2, 0) is 0 Å². The Morgan fingerprint density at radius 3 is 2.67 bits per heavy atom. The first-order valence-corrected chi connectivity index (χ1v) is 7.85. The van der Waals surface area contributed by atoms with Crippen molar-refractivity contribution in [1.82, 2.24) is 9.97 Å². The minimum atomic E-state index is -0.549. The van der Waals surface area contributed by atoms with Crippen molar-refractivity contribution in [2.75, 3.05) is 13.2 Å². The third-order valence-corrected chi connectivity index (χ3v) is 3.99. The molecule has 0 saturated carbocycles.